The Morgan fingerprint density at radius 2 is 1.31 bits per heavy atom. The van der Waals surface area contributed by atoms with Gasteiger partial charge in [0.1, 0.15) is 23.4 Å². The Labute approximate surface area is 157 Å². The third-order valence-electron chi connectivity index (χ3n) is 3.77. The highest BCUT2D eigenvalue weighted by Gasteiger charge is 2.14. The van der Waals surface area contributed by atoms with Gasteiger partial charge < -0.3 is 26.0 Å². The summed E-state index contributed by atoms with van der Waals surface area (Å²) in [6.07, 6.45) is -0.615. The van der Waals surface area contributed by atoms with E-state index < -0.39 is 6.17 Å². The molecule has 6 nitrogen and oxygen atoms in total. The maximum absolute atomic E-state index is 7.43. The highest BCUT2D eigenvalue weighted by molar-refractivity contribution is 7.25. The van der Waals surface area contributed by atoms with Gasteiger partial charge in [-0.15, -0.1) is 22.7 Å². The van der Waals surface area contributed by atoms with Crippen LogP contribution in [0.4, 0.5) is 0 Å². The quantitative estimate of drug-likeness (QED) is 0.233. The Balaban J connectivity index is 1.59. The average molecular weight is 384 g/mol. The van der Waals surface area contributed by atoms with Crippen molar-refractivity contribution in [1.82, 2.24) is 0 Å². The molecule has 4 rings (SSSR count). The fourth-order valence-electron chi connectivity index (χ4n) is 2.48. The first-order valence-corrected chi connectivity index (χ1v) is 9.40. The molecule has 26 heavy (non-hydrogen) atoms. The lowest BCUT2D eigenvalue weighted by Gasteiger charge is -1.98. The van der Waals surface area contributed by atoms with Crippen LogP contribution in [0.1, 0.15) is 17.7 Å². The lowest BCUT2D eigenvalue weighted by atomic mass is 10.3. The smallest absolute Gasteiger partial charge is 0.169 e. The summed E-state index contributed by atoms with van der Waals surface area (Å²) in [6.45, 7) is 0. The molecule has 4 heterocycles. The van der Waals surface area contributed by atoms with Crippen LogP contribution in [-0.2, 0) is 0 Å². The van der Waals surface area contributed by atoms with Crippen molar-refractivity contribution in [2.75, 3.05) is 0 Å². The minimum absolute atomic E-state index is 0.0778. The molecule has 8 heteroatoms. The molecule has 0 aliphatic rings. The standard InChI is InChI=1S/C18H16N4O2S2/c19-17(20)11-3-1-9(23-11)13-5-7-15(25-13)16-8-6-14(26-16)10-2-4-12(24-10)18(21)22/h1-8,17H,19-20H2,(H3,21,22). The minimum atomic E-state index is -0.615. The van der Waals surface area contributed by atoms with Gasteiger partial charge in [-0.25, -0.2) is 0 Å². The molecule has 4 aromatic rings. The first-order valence-electron chi connectivity index (χ1n) is 7.77. The molecule has 0 atom stereocenters. The normalized spacial score (nSPS) is 11.3. The van der Waals surface area contributed by atoms with E-state index in [0.717, 1.165) is 25.3 Å². The summed E-state index contributed by atoms with van der Waals surface area (Å²) in [7, 11) is 0. The second kappa shape index (κ2) is 6.58. The summed E-state index contributed by atoms with van der Waals surface area (Å²) in [6, 6.07) is 15.3. The first kappa shape index (κ1) is 16.8. The maximum atomic E-state index is 7.43. The maximum Gasteiger partial charge on any atom is 0.169 e. The van der Waals surface area contributed by atoms with Gasteiger partial charge in [0.2, 0.25) is 0 Å². The van der Waals surface area contributed by atoms with Crippen LogP contribution in [-0.4, -0.2) is 5.84 Å². The molecule has 0 aromatic carbocycles. The van der Waals surface area contributed by atoms with E-state index in [2.05, 4.69) is 12.1 Å². The van der Waals surface area contributed by atoms with Gasteiger partial charge in [-0.3, -0.25) is 5.41 Å². The molecular weight excluding hydrogens is 368 g/mol. The van der Waals surface area contributed by atoms with Gasteiger partial charge in [0.25, 0.3) is 0 Å². The molecule has 0 bridgehead atoms. The summed E-state index contributed by atoms with van der Waals surface area (Å²) in [4.78, 5) is 4.25. The predicted molar refractivity (Wildman–Crippen MR) is 105 cm³/mol. The van der Waals surface area contributed by atoms with Crippen molar-refractivity contribution >= 4 is 28.5 Å². The summed E-state index contributed by atoms with van der Waals surface area (Å²) in [5.41, 5.74) is 16.7. The van der Waals surface area contributed by atoms with Crippen LogP contribution >= 0.6 is 22.7 Å². The van der Waals surface area contributed by atoms with Crippen molar-refractivity contribution in [2.24, 2.45) is 17.2 Å². The van der Waals surface area contributed by atoms with E-state index in [1.807, 2.05) is 24.3 Å². The van der Waals surface area contributed by atoms with E-state index in [1.165, 1.54) is 0 Å². The van der Waals surface area contributed by atoms with E-state index in [0.29, 0.717) is 17.3 Å². The molecule has 0 radical (unpaired) electrons. The Kier molecular flexibility index (Phi) is 4.25. The molecule has 0 spiro atoms. The zero-order valence-electron chi connectivity index (χ0n) is 13.6. The summed E-state index contributed by atoms with van der Waals surface area (Å²) in [5, 5.41) is 7.43. The molecule has 4 aromatic heterocycles. The van der Waals surface area contributed by atoms with Gasteiger partial charge in [0, 0.05) is 9.75 Å². The van der Waals surface area contributed by atoms with E-state index in [1.54, 1.807) is 34.8 Å². The number of hydrogen-bond donors (Lipinski definition) is 4. The van der Waals surface area contributed by atoms with Crippen LogP contribution in [0.15, 0.2) is 57.4 Å². The molecule has 0 saturated carbocycles. The lowest BCUT2D eigenvalue weighted by Crippen LogP contribution is -2.18. The zero-order valence-corrected chi connectivity index (χ0v) is 15.2. The van der Waals surface area contributed by atoms with E-state index in [9.17, 15) is 0 Å². The van der Waals surface area contributed by atoms with Crippen molar-refractivity contribution in [3.8, 4) is 31.0 Å². The fourth-order valence-corrected chi connectivity index (χ4v) is 4.51. The highest BCUT2D eigenvalue weighted by atomic mass is 32.1. The second-order valence-corrected chi connectivity index (χ2v) is 7.80. The van der Waals surface area contributed by atoms with Gasteiger partial charge in [-0.1, -0.05) is 0 Å². The van der Waals surface area contributed by atoms with Crippen molar-refractivity contribution in [1.29, 1.82) is 5.41 Å². The topological polar surface area (TPSA) is 128 Å². The number of nitrogens with one attached hydrogen (secondary N) is 1. The van der Waals surface area contributed by atoms with Crippen LogP contribution in [0, 0.1) is 5.41 Å². The summed E-state index contributed by atoms with van der Waals surface area (Å²) >= 11 is 3.25. The lowest BCUT2D eigenvalue weighted by molar-refractivity contribution is 0.483. The number of thiophene rings is 2. The fraction of sp³-hybridized carbons (Fsp3) is 0.0556. The third-order valence-corrected chi connectivity index (χ3v) is 6.16. The Morgan fingerprint density at radius 1 is 0.769 bits per heavy atom. The molecule has 7 N–H and O–H groups in total. The predicted octanol–water partition coefficient (Wildman–Crippen LogP) is 4.20. The SMILES string of the molecule is N=C(N)c1ccc(-c2ccc(-c3ccc(-c4ccc(C(N)N)o4)s3)s2)o1. The number of hydrogen-bond acceptors (Lipinski definition) is 7. The first-order chi connectivity index (χ1) is 12.5. The van der Waals surface area contributed by atoms with Gasteiger partial charge >= 0.3 is 0 Å². The minimum Gasteiger partial charge on any atom is -0.457 e. The average Bonchev–Trinajstić information content (AvgIpc) is 3.40. The number of furan rings is 2. The number of nitrogens with two attached hydrogens (primary N) is 3. The van der Waals surface area contributed by atoms with Crippen molar-refractivity contribution < 1.29 is 8.83 Å². The van der Waals surface area contributed by atoms with E-state index in [-0.39, 0.29) is 5.84 Å². The van der Waals surface area contributed by atoms with E-state index >= 15 is 0 Å². The molecule has 132 valence electrons. The Morgan fingerprint density at radius 3 is 1.81 bits per heavy atom. The molecule has 0 saturated heterocycles. The van der Waals surface area contributed by atoms with Gasteiger partial charge in [0.05, 0.1) is 9.75 Å². The monoisotopic (exact) mass is 384 g/mol. The van der Waals surface area contributed by atoms with Crippen molar-refractivity contribution in [2.45, 2.75) is 6.17 Å². The Bertz CT molecular complexity index is 1070. The summed E-state index contributed by atoms with van der Waals surface area (Å²) < 4.78 is 11.3. The van der Waals surface area contributed by atoms with Gasteiger partial charge in [0.15, 0.2) is 11.6 Å². The number of rotatable bonds is 5. The number of nitrogen functional groups attached to an aromatic ring is 1. The largest absolute Gasteiger partial charge is 0.457 e. The molecular formula is C18H16N4O2S2. The molecule has 0 unspecified atom stereocenters. The second-order valence-electron chi connectivity index (χ2n) is 5.63. The van der Waals surface area contributed by atoms with E-state index in [4.69, 9.17) is 31.4 Å². The molecule has 0 aliphatic heterocycles. The number of amidine groups is 1. The van der Waals surface area contributed by atoms with Crippen LogP contribution in [0.2, 0.25) is 0 Å². The van der Waals surface area contributed by atoms with Crippen LogP contribution in [0.3, 0.4) is 0 Å². The van der Waals surface area contributed by atoms with Crippen LogP contribution < -0.4 is 17.2 Å². The third kappa shape index (κ3) is 3.11. The van der Waals surface area contributed by atoms with Crippen molar-refractivity contribution in [3.63, 3.8) is 0 Å². The summed E-state index contributed by atoms with van der Waals surface area (Å²) in [5.74, 6) is 2.32. The highest BCUT2D eigenvalue weighted by Crippen LogP contribution is 2.41. The van der Waals surface area contributed by atoms with Gasteiger partial charge in [-0.05, 0) is 48.5 Å². The Hall–Kier alpha value is -2.65. The van der Waals surface area contributed by atoms with Crippen molar-refractivity contribution in [3.05, 3.63) is 60.1 Å². The van der Waals surface area contributed by atoms with Gasteiger partial charge in [-0.2, -0.15) is 0 Å². The van der Waals surface area contributed by atoms with Crippen LogP contribution in [0.25, 0.3) is 31.0 Å². The van der Waals surface area contributed by atoms with Crippen LogP contribution in [0.5, 0.6) is 0 Å². The molecule has 0 fully saturated rings. The molecule has 0 aliphatic carbocycles. The zero-order chi connectivity index (χ0) is 18.3. The molecule has 0 amide bonds.